The lowest BCUT2D eigenvalue weighted by atomic mass is 9.95. The van der Waals surface area contributed by atoms with E-state index >= 15 is 0 Å². The van der Waals surface area contributed by atoms with Gasteiger partial charge in [-0.05, 0) is 31.2 Å². The number of benzene rings is 1. The van der Waals surface area contributed by atoms with Gasteiger partial charge >= 0.3 is 0 Å². The van der Waals surface area contributed by atoms with Crippen LogP contribution in [-0.4, -0.2) is 38.5 Å². The summed E-state index contributed by atoms with van der Waals surface area (Å²) in [6.45, 7) is -0.142. The summed E-state index contributed by atoms with van der Waals surface area (Å²) < 4.78 is 41.6. The number of nitrogens with one attached hydrogen (secondary N) is 1. The molecule has 0 spiro atoms. The van der Waals surface area contributed by atoms with Crippen LogP contribution < -0.4 is 10.7 Å². The number of fused-ring (bicyclic) bond motifs is 6. The molecule has 5 rings (SSSR count). The Morgan fingerprint density at radius 3 is 2.65 bits per heavy atom. The summed E-state index contributed by atoms with van der Waals surface area (Å²) in [5.74, 6) is -5.49. The lowest BCUT2D eigenvalue weighted by Gasteiger charge is -2.40. The summed E-state index contributed by atoms with van der Waals surface area (Å²) in [4.78, 5) is 39.8. The summed E-state index contributed by atoms with van der Waals surface area (Å²) in [6, 6.07) is 1.04. The lowest BCUT2D eigenvalue weighted by Crippen LogP contribution is -2.52. The quantitative estimate of drug-likeness (QED) is 0.724. The Bertz CT molecular complexity index is 1200. The fraction of sp³-hybridized carbons (Fsp3) is 0.381. The minimum absolute atomic E-state index is 0.0483. The molecule has 3 heterocycles. The Morgan fingerprint density at radius 2 is 1.87 bits per heavy atom. The summed E-state index contributed by atoms with van der Waals surface area (Å²) in [7, 11) is 0. The first-order valence-corrected chi connectivity index (χ1v) is 9.97. The van der Waals surface area contributed by atoms with E-state index in [1.165, 1.54) is 10.8 Å². The Hall–Kier alpha value is -3.30. The second kappa shape index (κ2) is 6.86. The Morgan fingerprint density at radius 1 is 1.13 bits per heavy atom. The van der Waals surface area contributed by atoms with Gasteiger partial charge < -0.3 is 19.9 Å². The number of piperidine rings is 1. The molecular formula is C21H18F3N3O4. The van der Waals surface area contributed by atoms with E-state index < -0.39 is 52.6 Å². The average molecular weight is 433 g/mol. The first kappa shape index (κ1) is 19.7. The minimum Gasteiger partial charge on any atom is -0.503 e. The predicted molar refractivity (Wildman–Crippen MR) is 101 cm³/mol. The molecule has 1 saturated carbocycles. The van der Waals surface area contributed by atoms with Crippen LogP contribution in [0.15, 0.2) is 23.1 Å². The molecule has 0 radical (unpaired) electrons. The fourth-order valence-electron chi connectivity index (χ4n) is 5.12. The van der Waals surface area contributed by atoms with Crippen LogP contribution in [0, 0.1) is 23.4 Å². The molecule has 1 aromatic carbocycles. The van der Waals surface area contributed by atoms with Gasteiger partial charge in [0.25, 0.3) is 11.8 Å². The monoisotopic (exact) mass is 433 g/mol. The molecule has 2 amide bonds. The van der Waals surface area contributed by atoms with Crippen LogP contribution in [0.3, 0.4) is 0 Å². The number of nitrogens with zero attached hydrogens (tertiary/aromatic N) is 2. The number of rotatable bonds is 3. The van der Waals surface area contributed by atoms with E-state index in [1.54, 1.807) is 4.90 Å². The Labute approximate surface area is 174 Å². The van der Waals surface area contributed by atoms with Gasteiger partial charge in [0, 0.05) is 37.0 Å². The summed E-state index contributed by atoms with van der Waals surface area (Å²) in [6.07, 6.45) is 4.02. The number of carbonyl (C=O) groups excluding carboxylic acids is 2. The van der Waals surface area contributed by atoms with Crippen molar-refractivity contribution >= 4 is 11.8 Å². The minimum atomic E-state index is -1.36. The van der Waals surface area contributed by atoms with E-state index in [-0.39, 0.29) is 23.3 Å². The van der Waals surface area contributed by atoms with E-state index in [1.807, 2.05) is 0 Å². The number of hydrogen-bond donors (Lipinski definition) is 2. The average Bonchev–Trinajstić information content (AvgIpc) is 3.34. The van der Waals surface area contributed by atoms with Gasteiger partial charge in [0.05, 0.1) is 6.04 Å². The SMILES string of the molecule is O=C(NCc1cc(F)c(F)cc1F)c1cn2c(c(O)c1=O)C(=O)N1[C@H]3CC[C@H](C3)[C@@H]1C2. The molecule has 0 unspecified atom stereocenters. The van der Waals surface area contributed by atoms with Crippen LogP contribution in [0.4, 0.5) is 13.2 Å². The highest BCUT2D eigenvalue weighted by Crippen LogP contribution is 2.45. The van der Waals surface area contributed by atoms with Gasteiger partial charge in [-0.1, -0.05) is 0 Å². The lowest BCUT2D eigenvalue weighted by molar-refractivity contribution is 0.0482. The normalized spacial score (nSPS) is 23.6. The Kier molecular flexibility index (Phi) is 4.35. The molecule has 2 aromatic rings. The molecule has 7 nitrogen and oxygen atoms in total. The van der Waals surface area contributed by atoms with Gasteiger partial charge in [-0.3, -0.25) is 14.4 Å². The topological polar surface area (TPSA) is 91.6 Å². The van der Waals surface area contributed by atoms with Crippen molar-refractivity contribution in [1.29, 1.82) is 0 Å². The third-order valence-corrected chi connectivity index (χ3v) is 6.59. The van der Waals surface area contributed by atoms with Crippen LogP contribution in [0.5, 0.6) is 5.75 Å². The number of hydrogen-bond acceptors (Lipinski definition) is 4. The number of carbonyl (C=O) groups is 2. The van der Waals surface area contributed by atoms with Gasteiger partial charge in [0.15, 0.2) is 23.1 Å². The molecule has 2 fully saturated rings. The third kappa shape index (κ3) is 2.92. The van der Waals surface area contributed by atoms with Crippen molar-refractivity contribution in [3.05, 3.63) is 62.8 Å². The molecule has 2 aliphatic heterocycles. The van der Waals surface area contributed by atoms with Crippen LogP contribution in [-0.2, 0) is 13.1 Å². The van der Waals surface area contributed by atoms with Gasteiger partial charge in [0.1, 0.15) is 11.4 Å². The second-order valence-electron chi connectivity index (χ2n) is 8.27. The number of aromatic hydroxyl groups is 1. The van der Waals surface area contributed by atoms with Crippen molar-refractivity contribution in [3.8, 4) is 5.75 Å². The van der Waals surface area contributed by atoms with E-state index in [2.05, 4.69) is 5.32 Å². The molecule has 2 bridgehead atoms. The summed E-state index contributed by atoms with van der Waals surface area (Å²) >= 11 is 0. The standard InChI is InChI=1S/C21H18F3N3O4/c22-13-5-15(24)14(23)4-10(13)6-25-20(30)12-7-26-8-16-9-1-2-11(3-9)27(16)21(31)17(26)19(29)18(12)28/h4-5,7,9,11,16,29H,1-3,6,8H2,(H,25,30)/t9-,11+,16+/m1/s1. The molecule has 10 heteroatoms. The van der Waals surface area contributed by atoms with Crippen molar-refractivity contribution in [1.82, 2.24) is 14.8 Å². The second-order valence-corrected chi connectivity index (χ2v) is 8.27. The molecular weight excluding hydrogens is 415 g/mol. The highest BCUT2D eigenvalue weighted by Gasteiger charge is 2.51. The molecule has 3 atom stereocenters. The summed E-state index contributed by atoms with van der Waals surface area (Å²) in [5.41, 5.74) is -1.89. The van der Waals surface area contributed by atoms with E-state index in [0.717, 1.165) is 19.3 Å². The largest absolute Gasteiger partial charge is 0.503 e. The molecule has 31 heavy (non-hydrogen) atoms. The maximum absolute atomic E-state index is 13.8. The number of halogens is 3. The van der Waals surface area contributed by atoms with E-state index in [9.17, 15) is 32.7 Å². The number of aromatic nitrogens is 1. The molecule has 2 N–H and O–H groups in total. The van der Waals surface area contributed by atoms with Crippen LogP contribution >= 0.6 is 0 Å². The molecule has 1 aliphatic carbocycles. The highest BCUT2D eigenvalue weighted by molar-refractivity contribution is 5.99. The maximum Gasteiger partial charge on any atom is 0.275 e. The van der Waals surface area contributed by atoms with Crippen molar-refractivity contribution in [2.75, 3.05) is 0 Å². The van der Waals surface area contributed by atoms with Crippen LogP contribution in [0.1, 0.15) is 45.7 Å². The molecule has 1 saturated heterocycles. The van der Waals surface area contributed by atoms with Gasteiger partial charge in [-0.15, -0.1) is 0 Å². The van der Waals surface area contributed by atoms with Crippen molar-refractivity contribution in [3.63, 3.8) is 0 Å². The third-order valence-electron chi connectivity index (χ3n) is 6.59. The molecule has 162 valence electrons. The smallest absolute Gasteiger partial charge is 0.275 e. The molecule has 3 aliphatic rings. The first-order valence-electron chi connectivity index (χ1n) is 9.97. The van der Waals surface area contributed by atoms with E-state index in [0.29, 0.717) is 24.6 Å². The Balaban J connectivity index is 1.44. The van der Waals surface area contributed by atoms with Gasteiger partial charge in [-0.25, -0.2) is 13.2 Å². The van der Waals surface area contributed by atoms with Crippen molar-refractivity contribution in [2.24, 2.45) is 5.92 Å². The maximum atomic E-state index is 13.8. The van der Waals surface area contributed by atoms with Crippen molar-refractivity contribution < 1.29 is 27.9 Å². The van der Waals surface area contributed by atoms with Gasteiger partial charge in [-0.2, -0.15) is 0 Å². The first-order chi connectivity index (χ1) is 14.8. The number of pyridine rings is 1. The zero-order valence-corrected chi connectivity index (χ0v) is 16.2. The zero-order valence-electron chi connectivity index (χ0n) is 16.2. The van der Waals surface area contributed by atoms with E-state index in [4.69, 9.17) is 0 Å². The number of amides is 2. The van der Waals surface area contributed by atoms with Crippen LogP contribution in [0.25, 0.3) is 0 Å². The highest BCUT2D eigenvalue weighted by atomic mass is 19.2. The van der Waals surface area contributed by atoms with Gasteiger partial charge in [0.2, 0.25) is 5.43 Å². The molecule has 1 aromatic heterocycles. The zero-order chi connectivity index (χ0) is 22.0. The van der Waals surface area contributed by atoms with Crippen LogP contribution in [0.2, 0.25) is 0 Å². The van der Waals surface area contributed by atoms with Crippen molar-refractivity contribution in [2.45, 2.75) is 44.4 Å². The fourth-order valence-corrected chi connectivity index (χ4v) is 5.12. The predicted octanol–water partition coefficient (Wildman–Crippen LogP) is 1.91. The summed E-state index contributed by atoms with van der Waals surface area (Å²) in [5, 5.41) is 12.7.